The van der Waals surface area contributed by atoms with Crippen LogP contribution in [0.2, 0.25) is 0 Å². The standard InChI is InChI=1S/C24H36N4O4/c1-9-31-23(30)32-21-20(19-17(3)14-16(2)15-18(19)4)22(29)28(26(7)8)24(21)10-12-27(13-11-24)25(5)6/h14-15H,9-13H2,1-8H3. The van der Waals surface area contributed by atoms with E-state index in [1.54, 1.807) is 11.9 Å². The van der Waals surface area contributed by atoms with Crippen LogP contribution >= 0.6 is 0 Å². The molecule has 0 aliphatic carbocycles. The number of amides is 1. The molecule has 2 aliphatic rings. The lowest BCUT2D eigenvalue weighted by molar-refractivity contribution is -0.156. The molecule has 1 amide bonds. The van der Waals surface area contributed by atoms with E-state index in [1.807, 2.05) is 54.0 Å². The van der Waals surface area contributed by atoms with Crippen LogP contribution in [0.25, 0.3) is 5.57 Å². The van der Waals surface area contributed by atoms with E-state index in [1.165, 1.54) is 0 Å². The van der Waals surface area contributed by atoms with Crippen LogP contribution in [0.1, 0.15) is 42.0 Å². The van der Waals surface area contributed by atoms with E-state index in [0.29, 0.717) is 24.2 Å². The van der Waals surface area contributed by atoms with Gasteiger partial charge in [-0.15, -0.1) is 0 Å². The van der Waals surface area contributed by atoms with Crippen molar-refractivity contribution in [2.75, 3.05) is 47.9 Å². The zero-order chi connectivity index (χ0) is 23.8. The van der Waals surface area contributed by atoms with Gasteiger partial charge in [0.15, 0.2) is 5.76 Å². The fourth-order valence-corrected chi connectivity index (χ4v) is 5.17. The third-order valence-electron chi connectivity index (χ3n) is 6.37. The van der Waals surface area contributed by atoms with Crippen molar-refractivity contribution in [3.05, 3.63) is 40.1 Å². The van der Waals surface area contributed by atoms with Crippen LogP contribution in [0, 0.1) is 20.8 Å². The first-order chi connectivity index (χ1) is 15.0. The van der Waals surface area contributed by atoms with Gasteiger partial charge in [0.1, 0.15) is 5.54 Å². The molecular formula is C24H36N4O4. The highest BCUT2D eigenvalue weighted by Gasteiger charge is 2.57. The highest BCUT2D eigenvalue weighted by Crippen LogP contribution is 2.48. The first kappa shape index (κ1) is 24.2. The van der Waals surface area contributed by atoms with Crippen LogP contribution in [0.3, 0.4) is 0 Å². The molecule has 2 heterocycles. The van der Waals surface area contributed by atoms with Crippen molar-refractivity contribution in [3.8, 4) is 0 Å². The lowest BCUT2D eigenvalue weighted by atomic mass is 9.84. The van der Waals surface area contributed by atoms with Crippen molar-refractivity contribution in [2.24, 2.45) is 0 Å². The molecule has 1 fully saturated rings. The lowest BCUT2D eigenvalue weighted by Gasteiger charge is -2.48. The lowest BCUT2D eigenvalue weighted by Crippen LogP contribution is -2.60. The first-order valence-corrected chi connectivity index (χ1v) is 11.1. The maximum atomic E-state index is 13.9. The Morgan fingerprint density at radius 1 is 1.03 bits per heavy atom. The number of aryl methyl sites for hydroxylation is 3. The number of hydrogen-bond donors (Lipinski definition) is 0. The smallest absolute Gasteiger partial charge is 0.434 e. The van der Waals surface area contributed by atoms with Crippen LogP contribution in [-0.4, -0.2) is 85.5 Å². The van der Waals surface area contributed by atoms with Crippen molar-refractivity contribution in [1.29, 1.82) is 0 Å². The number of piperidine rings is 1. The van der Waals surface area contributed by atoms with E-state index in [4.69, 9.17) is 9.47 Å². The Balaban J connectivity index is 2.23. The molecule has 0 unspecified atom stereocenters. The molecule has 3 rings (SSSR count). The van der Waals surface area contributed by atoms with Crippen LogP contribution < -0.4 is 0 Å². The van der Waals surface area contributed by atoms with Crippen LogP contribution in [0.5, 0.6) is 0 Å². The minimum absolute atomic E-state index is 0.150. The Labute approximate surface area is 191 Å². The summed E-state index contributed by atoms with van der Waals surface area (Å²) in [5.74, 6) is 0.255. The summed E-state index contributed by atoms with van der Waals surface area (Å²) in [6.07, 6.45) is 0.499. The monoisotopic (exact) mass is 444 g/mol. The van der Waals surface area contributed by atoms with Crippen LogP contribution in [-0.2, 0) is 14.3 Å². The molecule has 0 bridgehead atoms. The van der Waals surface area contributed by atoms with Crippen molar-refractivity contribution >= 4 is 17.6 Å². The molecule has 1 aromatic rings. The minimum Gasteiger partial charge on any atom is -0.434 e. The van der Waals surface area contributed by atoms with Gasteiger partial charge in [0.2, 0.25) is 0 Å². The van der Waals surface area contributed by atoms with Crippen molar-refractivity contribution in [3.63, 3.8) is 0 Å². The average Bonchev–Trinajstić information content (AvgIpc) is 2.90. The van der Waals surface area contributed by atoms with Crippen molar-refractivity contribution < 1.29 is 19.1 Å². The van der Waals surface area contributed by atoms with Crippen molar-refractivity contribution in [1.82, 2.24) is 20.0 Å². The number of carbonyl (C=O) groups is 2. The highest BCUT2D eigenvalue weighted by atomic mass is 16.7. The van der Waals surface area contributed by atoms with Gasteiger partial charge >= 0.3 is 6.16 Å². The zero-order valence-electron chi connectivity index (χ0n) is 20.6. The molecule has 8 heteroatoms. The fraction of sp³-hybridized carbons (Fsp3) is 0.583. The molecule has 0 saturated carbocycles. The number of nitrogens with zero attached hydrogens (tertiary/aromatic N) is 4. The maximum Gasteiger partial charge on any atom is 0.513 e. The van der Waals surface area contributed by atoms with Crippen LogP contribution in [0.15, 0.2) is 17.9 Å². The fourth-order valence-electron chi connectivity index (χ4n) is 5.17. The Morgan fingerprint density at radius 2 is 1.59 bits per heavy atom. The molecule has 176 valence electrons. The number of ether oxygens (including phenoxy) is 2. The molecule has 0 radical (unpaired) electrons. The number of hydrazine groups is 2. The Morgan fingerprint density at radius 3 is 2.06 bits per heavy atom. The third-order valence-corrected chi connectivity index (χ3v) is 6.37. The van der Waals surface area contributed by atoms with Crippen molar-refractivity contribution in [2.45, 2.75) is 46.1 Å². The molecule has 32 heavy (non-hydrogen) atoms. The molecule has 0 N–H and O–H groups in total. The number of rotatable bonds is 5. The predicted octanol–water partition coefficient (Wildman–Crippen LogP) is 3.13. The molecule has 0 aromatic heterocycles. The van der Waals surface area contributed by atoms with E-state index < -0.39 is 11.7 Å². The van der Waals surface area contributed by atoms with Gasteiger partial charge in [-0.2, -0.15) is 0 Å². The molecular weight excluding hydrogens is 408 g/mol. The molecule has 1 saturated heterocycles. The summed E-state index contributed by atoms with van der Waals surface area (Å²) < 4.78 is 11.0. The van der Waals surface area contributed by atoms with Gasteiger partial charge in [-0.3, -0.25) is 9.80 Å². The summed E-state index contributed by atoms with van der Waals surface area (Å²) in [6.45, 7) is 9.45. The van der Waals surface area contributed by atoms with E-state index in [9.17, 15) is 9.59 Å². The number of carbonyl (C=O) groups excluding carboxylic acids is 2. The highest BCUT2D eigenvalue weighted by molar-refractivity contribution is 6.24. The molecule has 8 nitrogen and oxygen atoms in total. The number of hydrogen-bond acceptors (Lipinski definition) is 7. The quantitative estimate of drug-likeness (QED) is 0.647. The summed E-state index contributed by atoms with van der Waals surface area (Å²) in [4.78, 5) is 26.5. The summed E-state index contributed by atoms with van der Waals surface area (Å²) in [5.41, 5.74) is 3.63. The largest absolute Gasteiger partial charge is 0.513 e. The normalized spacial score (nSPS) is 18.9. The van der Waals surface area contributed by atoms with Gasteiger partial charge in [-0.05, 0) is 57.2 Å². The molecule has 0 atom stereocenters. The Bertz CT molecular complexity index is 907. The molecule has 1 aromatic carbocycles. The second-order valence-electron chi connectivity index (χ2n) is 9.06. The molecule has 1 spiro atoms. The van der Waals surface area contributed by atoms with E-state index in [-0.39, 0.29) is 12.5 Å². The zero-order valence-corrected chi connectivity index (χ0v) is 20.6. The van der Waals surface area contributed by atoms with E-state index in [2.05, 4.69) is 22.2 Å². The molecule has 2 aliphatic heterocycles. The van der Waals surface area contributed by atoms with Gasteiger partial charge < -0.3 is 9.47 Å². The van der Waals surface area contributed by atoms with Crippen LogP contribution in [0.4, 0.5) is 4.79 Å². The van der Waals surface area contributed by atoms with Gasteiger partial charge in [-0.1, -0.05) is 17.7 Å². The van der Waals surface area contributed by atoms with Gasteiger partial charge in [0.05, 0.1) is 12.2 Å². The summed E-state index contributed by atoms with van der Waals surface area (Å²) in [7, 11) is 7.74. The summed E-state index contributed by atoms with van der Waals surface area (Å²) >= 11 is 0. The summed E-state index contributed by atoms with van der Waals surface area (Å²) in [5, 5.41) is 7.87. The SMILES string of the molecule is CCOC(=O)OC1=C(c2c(C)cc(C)cc2C)C(=O)N(N(C)C)C12CCN(N(C)C)CC2. The Kier molecular flexibility index (Phi) is 6.97. The second kappa shape index (κ2) is 9.21. The van der Waals surface area contributed by atoms with E-state index in [0.717, 1.165) is 35.3 Å². The third kappa shape index (κ3) is 4.14. The van der Waals surface area contributed by atoms with Gasteiger partial charge in [-0.25, -0.2) is 19.8 Å². The first-order valence-electron chi connectivity index (χ1n) is 11.1. The summed E-state index contributed by atoms with van der Waals surface area (Å²) in [6, 6.07) is 4.12. The number of benzene rings is 1. The van der Waals surface area contributed by atoms with Gasteiger partial charge in [0, 0.05) is 41.3 Å². The van der Waals surface area contributed by atoms with Gasteiger partial charge in [0.25, 0.3) is 5.91 Å². The topological polar surface area (TPSA) is 65.6 Å². The average molecular weight is 445 g/mol. The maximum absolute atomic E-state index is 13.9. The predicted molar refractivity (Wildman–Crippen MR) is 123 cm³/mol. The van der Waals surface area contributed by atoms with E-state index >= 15 is 0 Å². The minimum atomic E-state index is -0.773. The second-order valence-corrected chi connectivity index (χ2v) is 9.06. The Hall–Kier alpha value is -2.42.